The molecule has 7 nitrogen and oxygen atoms in total. The quantitative estimate of drug-likeness (QED) is 0.506. The van der Waals surface area contributed by atoms with E-state index in [4.69, 9.17) is 33.2 Å². The highest BCUT2D eigenvalue weighted by molar-refractivity contribution is 5.54. The molecule has 0 saturated carbocycles. The van der Waals surface area contributed by atoms with Crippen LogP contribution in [0, 0.1) is 11.8 Å². The van der Waals surface area contributed by atoms with Crippen LogP contribution in [0.2, 0.25) is 0 Å². The van der Waals surface area contributed by atoms with Crippen LogP contribution in [-0.4, -0.2) is 55.6 Å². The van der Waals surface area contributed by atoms with Crippen molar-refractivity contribution in [2.75, 3.05) is 55.6 Å². The fraction of sp³-hybridized carbons (Fsp3) is 0.500. The predicted molar refractivity (Wildman–Crippen MR) is 117 cm³/mol. The molecular weight excluding hydrogens is 400 g/mol. The highest BCUT2D eigenvalue weighted by atomic mass is 16.7. The highest BCUT2D eigenvalue weighted by Crippen LogP contribution is 2.39. The normalized spacial score (nSPS) is 14.2. The summed E-state index contributed by atoms with van der Waals surface area (Å²) in [6, 6.07) is 10.1. The van der Waals surface area contributed by atoms with E-state index >= 15 is 0 Å². The molecule has 31 heavy (non-hydrogen) atoms. The van der Waals surface area contributed by atoms with Crippen molar-refractivity contribution in [3.63, 3.8) is 0 Å². The van der Waals surface area contributed by atoms with E-state index in [-0.39, 0.29) is 18.6 Å². The minimum Gasteiger partial charge on any atom is -0.493 e. The van der Waals surface area contributed by atoms with Gasteiger partial charge in [-0.3, -0.25) is 0 Å². The Labute approximate surface area is 184 Å². The van der Waals surface area contributed by atoms with Crippen molar-refractivity contribution >= 4 is 0 Å². The maximum Gasteiger partial charge on any atom is 0.231 e. The van der Waals surface area contributed by atoms with Crippen LogP contribution >= 0.6 is 0 Å². The van der Waals surface area contributed by atoms with Gasteiger partial charge in [-0.1, -0.05) is 6.07 Å². The molecular formula is C24H32O7. The monoisotopic (exact) mass is 432 g/mol. The van der Waals surface area contributed by atoms with Gasteiger partial charge in [-0.05, 0) is 60.1 Å². The Balaban J connectivity index is 1.84. The zero-order valence-corrected chi connectivity index (χ0v) is 18.9. The lowest BCUT2D eigenvalue weighted by Gasteiger charge is -2.27. The second-order valence-electron chi connectivity index (χ2n) is 7.56. The number of ether oxygens (including phenoxy) is 7. The predicted octanol–water partition coefficient (Wildman–Crippen LogP) is 3.75. The molecule has 3 rings (SSSR count). The van der Waals surface area contributed by atoms with Crippen LogP contribution in [-0.2, 0) is 22.3 Å². The van der Waals surface area contributed by atoms with Crippen LogP contribution in [0.4, 0.5) is 0 Å². The lowest BCUT2D eigenvalue weighted by atomic mass is 9.83. The minimum atomic E-state index is 0.221. The maximum absolute atomic E-state index is 5.59. The van der Waals surface area contributed by atoms with Gasteiger partial charge in [-0.2, -0.15) is 0 Å². The summed E-state index contributed by atoms with van der Waals surface area (Å²) < 4.78 is 38.6. The van der Waals surface area contributed by atoms with Gasteiger partial charge in [0.25, 0.3) is 0 Å². The maximum atomic E-state index is 5.59. The molecule has 170 valence electrons. The molecule has 1 aliphatic heterocycles. The van der Waals surface area contributed by atoms with Crippen molar-refractivity contribution in [3.05, 3.63) is 41.5 Å². The van der Waals surface area contributed by atoms with Crippen molar-refractivity contribution in [1.82, 2.24) is 0 Å². The first kappa shape index (κ1) is 23.0. The number of fused-ring (bicyclic) bond motifs is 1. The molecule has 1 aliphatic rings. The van der Waals surface area contributed by atoms with Crippen LogP contribution in [0.25, 0.3) is 0 Å². The summed E-state index contributed by atoms with van der Waals surface area (Å²) in [7, 11) is 8.32. The summed E-state index contributed by atoms with van der Waals surface area (Å²) in [6.07, 6.45) is 1.62. The topological polar surface area (TPSA) is 64.6 Å². The Hall–Kier alpha value is -2.64. The fourth-order valence-corrected chi connectivity index (χ4v) is 4.08. The van der Waals surface area contributed by atoms with Gasteiger partial charge in [0.2, 0.25) is 12.5 Å². The Kier molecular flexibility index (Phi) is 8.26. The summed E-state index contributed by atoms with van der Waals surface area (Å²) in [4.78, 5) is 0. The van der Waals surface area contributed by atoms with E-state index in [0.717, 1.165) is 29.9 Å². The standard InChI is InChI=1S/C24H32O7/c1-25-13-18(8-16-6-7-20-21(10-16)31-15-30-20)19(14-26-2)9-17-11-22(27-3)24(29-5)23(12-17)28-4/h6-7,10-12,18-19H,8-9,13-15H2,1-5H3. The van der Waals surface area contributed by atoms with Crippen molar-refractivity contribution in [3.8, 4) is 28.7 Å². The SMILES string of the molecule is COCC(Cc1ccc2c(c1)OCO2)C(COC)Cc1cc(OC)c(OC)c(OC)c1. The van der Waals surface area contributed by atoms with Gasteiger partial charge in [0.15, 0.2) is 23.0 Å². The third kappa shape index (κ3) is 5.54. The molecule has 2 aromatic rings. The highest BCUT2D eigenvalue weighted by Gasteiger charge is 2.25. The zero-order chi connectivity index (χ0) is 22.2. The van der Waals surface area contributed by atoms with Gasteiger partial charge in [-0.25, -0.2) is 0 Å². The third-order valence-corrected chi connectivity index (χ3v) is 5.59. The van der Waals surface area contributed by atoms with Crippen molar-refractivity contribution in [2.24, 2.45) is 11.8 Å². The largest absolute Gasteiger partial charge is 0.493 e. The van der Waals surface area contributed by atoms with E-state index < -0.39 is 0 Å². The van der Waals surface area contributed by atoms with E-state index in [0.29, 0.717) is 30.5 Å². The summed E-state index contributed by atoms with van der Waals surface area (Å²) in [5, 5.41) is 0. The molecule has 2 aromatic carbocycles. The molecule has 0 radical (unpaired) electrons. The molecule has 2 atom stereocenters. The molecule has 0 bridgehead atoms. The number of hydrogen-bond donors (Lipinski definition) is 0. The molecule has 1 heterocycles. The van der Waals surface area contributed by atoms with Crippen LogP contribution < -0.4 is 23.7 Å². The van der Waals surface area contributed by atoms with Gasteiger partial charge in [0.1, 0.15) is 0 Å². The average Bonchev–Trinajstić information content (AvgIpc) is 3.25. The Morgan fingerprint density at radius 3 is 1.84 bits per heavy atom. The smallest absolute Gasteiger partial charge is 0.231 e. The van der Waals surface area contributed by atoms with Gasteiger partial charge < -0.3 is 33.2 Å². The zero-order valence-electron chi connectivity index (χ0n) is 18.9. The average molecular weight is 433 g/mol. The van der Waals surface area contributed by atoms with Gasteiger partial charge in [-0.15, -0.1) is 0 Å². The first-order valence-electron chi connectivity index (χ1n) is 10.3. The molecule has 7 heteroatoms. The second-order valence-corrected chi connectivity index (χ2v) is 7.56. The first-order chi connectivity index (χ1) is 15.1. The summed E-state index contributed by atoms with van der Waals surface area (Å²) in [5.41, 5.74) is 2.26. The fourth-order valence-electron chi connectivity index (χ4n) is 4.08. The lowest BCUT2D eigenvalue weighted by Crippen LogP contribution is -2.27. The number of hydrogen-bond acceptors (Lipinski definition) is 7. The molecule has 0 spiro atoms. The van der Waals surface area contributed by atoms with Crippen LogP contribution in [0.3, 0.4) is 0 Å². The van der Waals surface area contributed by atoms with Gasteiger partial charge in [0, 0.05) is 27.4 Å². The van der Waals surface area contributed by atoms with E-state index in [9.17, 15) is 0 Å². The molecule has 0 saturated heterocycles. The molecule has 2 unspecified atom stereocenters. The van der Waals surface area contributed by atoms with E-state index in [1.807, 2.05) is 24.3 Å². The number of methoxy groups -OCH3 is 5. The number of rotatable bonds is 12. The van der Waals surface area contributed by atoms with Crippen molar-refractivity contribution in [1.29, 1.82) is 0 Å². The summed E-state index contributed by atoms with van der Waals surface area (Å²) in [5.74, 6) is 3.92. The van der Waals surface area contributed by atoms with Crippen LogP contribution in [0.1, 0.15) is 11.1 Å². The second kappa shape index (κ2) is 11.1. The lowest BCUT2D eigenvalue weighted by molar-refractivity contribution is 0.0697. The molecule has 0 amide bonds. The Morgan fingerprint density at radius 1 is 0.710 bits per heavy atom. The minimum absolute atomic E-state index is 0.221. The first-order valence-corrected chi connectivity index (χ1v) is 10.3. The number of benzene rings is 2. The van der Waals surface area contributed by atoms with E-state index in [2.05, 4.69) is 6.07 Å². The van der Waals surface area contributed by atoms with Crippen molar-refractivity contribution in [2.45, 2.75) is 12.8 Å². The van der Waals surface area contributed by atoms with Gasteiger partial charge >= 0.3 is 0 Å². The summed E-state index contributed by atoms with van der Waals surface area (Å²) in [6.45, 7) is 1.50. The van der Waals surface area contributed by atoms with Crippen LogP contribution in [0.5, 0.6) is 28.7 Å². The van der Waals surface area contributed by atoms with Gasteiger partial charge in [0.05, 0.1) is 21.3 Å². The van der Waals surface area contributed by atoms with E-state index in [1.165, 1.54) is 5.56 Å². The molecule has 0 aliphatic carbocycles. The van der Waals surface area contributed by atoms with E-state index in [1.54, 1.807) is 35.5 Å². The van der Waals surface area contributed by atoms with Crippen LogP contribution in [0.15, 0.2) is 30.3 Å². The third-order valence-electron chi connectivity index (χ3n) is 5.59. The Bertz CT molecular complexity index is 827. The molecule has 0 fully saturated rings. The molecule has 0 aromatic heterocycles. The summed E-state index contributed by atoms with van der Waals surface area (Å²) >= 11 is 0. The molecule has 0 N–H and O–H groups in total. The van der Waals surface area contributed by atoms with Crippen molar-refractivity contribution < 1.29 is 33.2 Å². The Morgan fingerprint density at radius 2 is 1.29 bits per heavy atom.